The fraction of sp³-hybridized carbons (Fsp3) is 0.833. The van der Waals surface area contributed by atoms with Gasteiger partial charge >= 0.3 is 0 Å². The highest BCUT2D eigenvalue weighted by atomic mass is 127. The summed E-state index contributed by atoms with van der Waals surface area (Å²) in [7, 11) is 0. The zero-order valence-corrected chi connectivity index (χ0v) is 7.67. The zero-order valence-electron chi connectivity index (χ0n) is 5.52. The molecule has 1 aliphatic rings. The second-order valence-electron chi connectivity index (χ2n) is 2.36. The Morgan fingerprint density at radius 3 is 2.90 bits per heavy atom. The molecule has 1 atom stereocenters. The Balaban J connectivity index is 2.37. The molecule has 0 aliphatic carbocycles. The fourth-order valence-electron chi connectivity index (χ4n) is 1.03. The summed E-state index contributed by atoms with van der Waals surface area (Å²) in [6.45, 7) is 0.908. The second-order valence-corrected chi connectivity index (χ2v) is 3.12. The van der Waals surface area contributed by atoms with Gasteiger partial charge in [-0.3, -0.25) is 4.79 Å². The molecule has 2 nitrogen and oxygen atoms in total. The average Bonchev–Trinajstić information content (AvgIpc) is 2.34. The molecule has 0 saturated carbocycles. The van der Waals surface area contributed by atoms with E-state index in [-0.39, 0.29) is 5.91 Å². The van der Waals surface area contributed by atoms with Crippen molar-refractivity contribution < 1.29 is 9.18 Å². The molecular weight excluding hydrogens is 248 g/mol. The maximum atomic E-state index is 12.5. The lowest BCUT2D eigenvalue weighted by atomic mass is 10.3. The summed E-state index contributed by atoms with van der Waals surface area (Å²) < 4.78 is 12.9. The molecule has 1 rings (SSSR count). The van der Waals surface area contributed by atoms with E-state index >= 15 is 0 Å². The predicted octanol–water partition coefficient (Wildman–Crippen LogP) is 0.992. The van der Waals surface area contributed by atoms with Gasteiger partial charge < -0.3 is 4.90 Å². The number of alkyl halides is 2. The number of carbonyl (C=O) groups is 1. The minimum Gasteiger partial charge on any atom is -0.339 e. The molecule has 0 N–H and O–H groups in total. The third-order valence-electron chi connectivity index (χ3n) is 1.60. The van der Waals surface area contributed by atoms with Crippen molar-refractivity contribution in [2.24, 2.45) is 0 Å². The quantitative estimate of drug-likeness (QED) is 0.506. The van der Waals surface area contributed by atoms with Crippen molar-refractivity contribution in [1.82, 2.24) is 4.90 Å². The summed E-state index contributed by atoms with van der Waals surface area (Å²) in [6, 6.07) is 0. The second kappa shape index (κ2) is 3.50. The van der Waals surface area contributed by atoms with E-state index in [2.05, 4.69) is 0 Å². The molecule has 1 fully saturated rings. The standard InChI is InChI=1S/C6H9FINO/c7-5-1-2-9(4-5)6(10)3-8/h5H,1-4H2. The number of rotatable bonds is 1. The van der Waals surface area contributed by atoms with Gasteiger partial charge in [0, 0.05) is 6.54 Å². The molecule has 4 heteroatoms. The van der Waals surface area contributed by atoms with E-state index in [1.54, 1.807) is 4.90 Å². The lowest BCUT2D eigenvalue weighted by Gasteiger charge is -2.12. The van der Waals surface area contributed by atoms with Crippen molar-refractivity contribution in [3.8, 4) is 0 Å². The third kappa shape index (κ3) is 1.81. The first-order chi connectivity index (χ1) is 4.74. The van der Waals surface area contributed by atoms with Crippen LogP contribution in [0.5, 0.6) is 0 Å². The van der Waals surface area contributed by atoms with Gasteiger partial charge in [0.15, 0.2) is 0 Å². The molecular formula is C6H9FINO. The highest BCUT2D eigenvalue weighted by Gasteiger charge is 2.24. The molecule has 0 aromatic heterocycles. The average molecular weight is 257 g/mol. The summed E-state index contributed by atoms with van der Waals surface area (Å²) >= 11 is 2.00. The van der Waals surface area contributed by atoms with Crippen LogP contribution in [-0.2, 0) is 4.79 Å². The fourth-order valence-corrected chi connectivity index (χ4v) is 1.51. The van der Waals surface area contributed by atoms with E-state index in [0.29, 0.717) is 23.9 Å². The molecule has 1 unspecified atom stereocenters. The van der Waals surface area contributed by atoms with Crippen LogP contribution in [0.2, 0.25) is 0 Å². The predicted molar refractivity (Wildman–Crippen MR) is 45.0 cm³/mol. The van der Waals surface area contributed by atoms with Crippen LogP contribution in [0.3, 0.4) is 0 Å². The van der Waals surface area contributed by atoms with Crippen LogP contribution in [0.25, 0.3) is 0 Å². The largest absolute Gasteiger partial charge is 0.339 e. The number of nitrogens with zero attached hydrogens (tertiary/aromatic N) is 1. The van der Waals surface area contributed by atoms with Crippen molar-refractivity contribution in [3.05, 3.63) is 0 Å². The van der Waals surface area contributed by atoms with Crippen molar-refractivity contribution in [1.29, 1.82) is 0 Å². The zero-order chi connectivity index (χ0) is 7.56. The monoisotopic (exact) mass is 257 g/mol. The highest BCUT2D eigenvalue weighted by molar-refractivity contribution is 14.1. The first-order valence-electron chi connectivity index (χ1n) is 3.22. The molecule has 58 valence electrons. The number of hydrogen-bond donors (Lipinski definition) is 0. The Hall–Kier alpha value is 0.130. The summed E-state index contributed by atoms with van der Waals surface area (Å²) in [5.74, 6) is 0.0563. The highest BCUT2D eigenvalue weighted by Crippen LogP contribution is 2.12. The van der Waals surface area contributed by atoms with Crippen LogP contribution >= 0.6 is 22.6 Å². The molecule has 0 bridgehead atoms. The van der Waals surface area contributed by atoms with Gasteiger partial charge in [-0.25, -0.2) is 4.39 Å². The Morgan fingerprint density at radius 1 is 1.80 bits per heavy atom. The normalized spacial score (nSPS) is 25.4. The Kier molecular flexibility index (Phi) is 2.88. The molecule has 0 spiro atoms. The summed E-state index contributed by atoms with van der Waals surface area (Å²) in [6.07, 6.45) is -0.269. The van der Waals surface area contributed by atoms with Gasteiger partial charge in [-0.15, -0.1) is 0 Å². The maximum Gasteiger partial charge on any atom is 0.232 e. The minimum absolute atomic E-state index is 0.0563. The van der Waals surface area contributed by atoms with Crippen LogP contribution < -0.4 is 0 Å². The molecule has 1 aliphatic heterocycles. The van der Waals surface area contributed by atoms with Crippen molar-refractivity contribution >= 4 is 28.5 Å². The number of amides is 1. The minimum atomic E-state index is -0.785. The molecule has 10 heavy (non-hydrogen) atoms. The van der Waals surface area contributed by atoms with Crippen LogP contribution in [-0.4, -0.2) is 34.5 Å². The molecule has 1 amide bonds. The van der Waals surface area contributed by atoms with Crippen LogP contribution in [0.4, 0.5) is 4.39 Å². The Morgan fingerprint density at radius 2 is 2.50 bits per heavy atom. The molecule has 0 aromatic rings. The van der Waals surface area contributed by atoms with Gasteiger partial charge in [0.25, 0.3) is 0 Å². The first-order valence-corrected chi connectivity index (χ1v) is 4.74. The van der Waals surface area contributed by atoms with E-state index in [4.69, 9.17) is 0 Å². The SMILES string of the molecule is O=C(CI)N1CCC(F)C1. The van der Waals surface area contributed by atoms with Crippen LogP contribution in [0.1, 0.15) is 6.42 Å². The smallest absolute Gasteiger partial charge is 0.232 e. The third-order valence-corrected chi connectivity index (χ3v) is 2.25. The molecule has 1 saturated heterocycles. The van der Waals surface area contributed by atoms with E-state index in [9.17, 15) is 9.18 Å². The summed E-state index contributed by atoms with van der Waals surface area (Å²) in [5.41, 5.74) is 0. The van der Waals surface area contributed by atoms with E-state index < -0.39 is 6.17 Å². The van der Waals surface area contributed by atoms with Gasteiger partial charge in [0.05, 0.1) is 11.0 Å². The van der Waals surface area contributed by atoms with E-state index in [1.807, 2.05) is 22.6 Å². The molecule has 0 aromatic carbocycles. The molecule has 0 radical (unpaired) electrons. The maximum absolute atomic E-state index is 12.5. The first kappa shape index (κ1) is 8.23. The van der Waals surface area contributed by atoms with E-state index in [1.165, 1.54) is 0 Å². The van der Waals surface area contributed by atoms with Crippen molar-refractivity contribution in [2.45, 2.75) is 12.6 Å². The Bertz CT molecular complexity index is 142. The summed E-state index contributed by atoms with van der Waals surface area (Å²) in [4.78, 5) is 12.5. The lowest BCUT2D eigenvalue weighted by Crippen LogP contribution is -2.29. The van der Waals surface area contributed by atoms with E-state index in [0.717, 1.165) is 0 Å². The van der Waals surface area contributed by atoms with Gasteiger partial charge in [-0.05, 0) is 6.42 Å². The topological polar surface area (TPSA) is 20.3 Å². The van der Waals surface area contributed by atoms with Gasteiger partial charge in [0.2, 0.25) is 5.91 Å². The number of hydrogen-bond acceptors (Lipinski definition) is 1. The van der Waals surface area contributed by atoms with Gasteiger partial charge in [0.1, 0.15) is 6.17 Å². The number of halogens is 2. The van der Waals surface area contributed by atoms with Gasteiger partial charge in [-0.1, -0.05) is 22.6 Å². The number of likely N-dealkylation sites (tertiary alicyclic amines) is 1. The van der Waals surface area contributed by atoms with Gasteiger partial charge in [-0.2, -0.15) is 0 Å². The Labute approximate surface area is 72.9 Å². The van der Waals surface area contributed by atoms with Crippen LogP contribution in [0.15, 0.2) is 0 Å². The van der Waals surface area contributed by atoms with Crippen molar-refractivity contribution in [2.75, 3.05) is 17.5 Å². The van der Waals surface area contributed by atoms with Crippen molar-refractivity contribution in [3.63, 3.8) is 0 Å². The molecule has 1 heterocycles. The van der Waals surface area contributed by atoms with Crippen LogP contribution in [0, 0.1) is 0 Å². The summed E-state index contributed by atoms with van der Waals surface area (Å²) in [5, 5.41) is 0. The lowest BCUT2D eigenvalue weighted by molar-refractivity contribution is -0.127. The number of carbonyl (C=O) groups excluding carboxylic acids is 1.